The molecule has 1 fully saturated rings. The fourth-order valence-corrected chi connectivity index (χ4v) is 2.67. The molecule has 1 aliphatic rings. The highest BCUT2D eigenvalue weighted by atomic mass is 16.7. The highest BCUT2D eigenvalue weighted by molar-refractivity contribution is 5.89. The molecule has 2 rings (SSSR count). The number of amides is 1. The molecule has 1 aromatic carbocycles. The Kier molecular flexibility index (Phi) is 5.51. The summed E-state index contributed by atoms with van der Waals surface area (Å²) >= 11 is 0. The van der Waals surface area contributed by atoms with Crippen molar-refractivity contribution in [2.45, 2.75) is 13.3 Å². The van der Waals surface area contributed by atoms with E-state index in [1.807, 2.05) is 13.0 Å². The van der Waals surface area contributed by atoms with Crippen molar-refractivity contribution in [3.63, 3.8) is 0 Å². The van der Waals surface area contributed by atoms with Gasteiger partial charge in [0.25, 0.3) is 5.91 Å². The van der Waals surface area contributed by atoms with Crippen LogP contribution in [0.3, 0.4) is 0 Å². The molecule has 1 aliphatic heterocycles. The van der Waals surface area contributed by atoms with Gasteiger partial charge in [0.15, 0.2) is 0 Å². The molecule has 1 saturated heterocycles. The van der Waals surface area contributed by atoms with E-state index >= 15 is 0 Å². The SMILES string of the molecule is CC[C@@H]1CN(OC(=O)c2ccccc2)C[C@@H]1C(=O)N(C)OC. The van der Waals surface area contributed by atoms with Gasteiger partial charge in [-0.1, -0.05) is 31.5 Å². The molecule has 0 unspecified atom stereocenters. The minimum Gasteiger partial charge on any atom is -0.364 e. The van der Waals surface area contributed by atoms with Crippen molar-refractivity contribution >= 4 is 11.9 Å². The standard InChI is InChI=1S/C16H22N2O4/c1-4-12-10-18(11-14(12)15(19)17(2)21-3)22-16(20)13-8-6-5-7-9-13/h5-9,12,14H,4,10-11H2,1-3H3/t12-,14+/m1/s1. The van der Waals surface area contributed by atoms with Crippen molar-refractivity contribution in [2.75, 3.05) is 27.2 Å². The number of nitrogens with zero attached hydrogens (tertiary/aromatic N) is 2. The van der Waals surface area contributed by atoms with E-state index in [0.29, 0.717) is 18.7 Å². The van der Waals surface area contributed by atoms with Crippen LogP contribution in [0.2, 0.25) is 0 Å². The van der Waals surface area contributed by atoms with Crippen molar-refractivity contribution in [3.05, 3.63) is 35.9 Å². The maximum atomic E-state index is 12.3. The third-order valence-electron chi connectivity index (χ3n) is 4.05. The van der Waals surface area contributed by atoms with Crippen LogP contribution in [0.25, 0.3) is 0 Å². The number of hydrogen-bond donors (Lipinski definition) is 0. The van der Waals surface area contributed by atoms with Crippen molar-refractivity contribution in [3.8, 4) is 0 Å². The van der Waals surface area contributed by atoms with Gasteiger partial charge < -0.3 is 4.84 Å². The lowest BCUT2D eigenvalue weighted by Gasteiger charge is -2.21. The molecule has 1 heterocycles. The molecule has 2 atom stereocenters. The molecule has 22 heavy (non-hydrogen) atoms. The van der Waals surface area contributed by atoms with E-state index in [1.54, 1.807) is 36.4 Å². The van der Waals surface area contributed by atoms with Crippen molar-refractivity contribution in [1.29, 1.82) is 0 Å². The summed E-state index contributed by atoms with van der Waals surface area (Å²) in [6.45, 7) is 2.98. The molecule has 6 heteroatoms. The number of benzene rings is 1. The van der Waals surface area contributed by atoms with E-state index in [4.69, 9.17) is 9.68 Å². The summed E-state index contributed by atoms with van der Waals surface area (Å²) in [6, 6.07) is 8.83. The summed E-state index contributed by atoms with van der Waals surface area (Å²) < 4.78 is 0. The van der Waals surface area contributed by atoms with E-state index in [2.05, 4.69) is 0 Å². The summed E-state index contributed by atoms with van der Waals surface area (Å²) in [6.07, 6.45) is 0.841. The maximum Gasteiger partial charge on any atom is 0.357 e. The van der Waals surface area contributed by atoms with Crippen LogP contribution in [0.15, 0.2) is 30.3 Å². The Bertz CT molecular complexity index is 520. The van der Waals surface area contributed by atoms with E-state index < -0.39 is 5.97 Å². The number of carbonyl (C=O) groups excluding carboxylic acids is 2. The van der Waals surface area contributed by atoms with Gasteiger partial charge in [-0.05, 0) is 18.1 Å². The fourth-order valence-electron chi connectivity index (χ4n) is 2.67. The first kappa shape index (κ1) is 16.5. The Morgan fingerprint density at radius 1 is 1.27 bits per heavy atom. The number of rotatable bonds is 5. The Morgan fingerprint density at radius 3 is 2.55 bits per heavy atom. The van der Waals surface area contributed by atoms with Crippen LogP contribution in [-0.4, -0.2) is 49.2 Å². The van der Waals surface area contributed by atoms with Crippen LogP contribution in [0.4, 0.5) is 0 Å². The average Bonchev–Trinajstić information content (AvgIpc) is 2.96. The highest BCUT2D eigenvalue weighted by Gasteiger charge is 2.40. The van der Waals surface area contributed by atoms with E-state index in [-0.39, 0.29) is 17.7 Å². The molecule has 0 N–H and O–H groups in total. The maximum absolute atomic E-state index is 12.3. The number of hydroxylamine groups is 4. The Morgan fingerprint density at radius 2 is 1.95 bits per heavy atom. The number of carbonyl (C=O) groups is 2. The summed E-state index contributed by atoms with van der Waals surface area (Å²) in [7, 11) is 3.05. The van der Waals surface area contributed by atoms with Crippen LogP contribution >= 0.6 is 0 Å². The molecule has 0 aliphatic carbocycles. The average molecular weight is 306 g/mol. The molecule has 0 spiro atoms. The largest absolute Gasteiger partial charge is 0.364 e. The van der Waals surface area contributed by atoms with E-state index in [0.717, 1.165) is 6.42 Å². The quantitative estimate of drug-likeness (QED) is 0.776. The van der Waals surface area contributed by atoms with Gasteiger partial charge in [0.2, 0.25) is 0 Å². The fraction of sp³-hybridized carbons (Fsp3) is 0.500. The zero-order valence-corrected chi connectivity index (χ0v) is 13.2. The second-order valence-corrected chi connectivity index (χ2v) is 5.38. The van der Waals surface area contributed by atoms with Gasteiger partial charge in [0.1, 0.15) is 0 Å². The Labute approximate surface area is 130 Å². The molecule has 0 aromatic heterocycles. The zero-order chi connectivity index (χ0) is 16.1. The molecule has 0 bridgehead atoms. The lowest BCUT2D eigenvalue weighted by atomic mass is 9.93. The molecule has 0 saturated carbocycles. The molecule has 120 valence electrons. The second-order valence-electron chi connectivity index (χ2n) is 5.38. The third kappa shape index (κ3) is 3.64. The minimum absolute atomic E-state index is 0.0902. The minimum atomic E-state index is -0.399. The van der Waals surface area contributed by atoms with Gasteiger partial charge in [-0.2, -0.15) is 0 Å². The van der Waals surface area contributed by atoms with Crippen LogP contribution in [0.1, 0.15) is 23.7 Å². The predicted molar refractivity (Wildman–Crippen MR) is 80.5 cm³/mol. The third-order valence-corrected chi connectivity index (χ3v) is 4.05. The monoisotopic (exact) mass is 306 g/mol. The Hall–Kier alpha value is -1.92. The molecule has 1 amide bonds. The summed E-state index contributed by atoms with van der Waals surface area (Å²) in [5.74, 6) is -0.566. The highest BCUT2D eigenvalue weighted by Crippen LogP contribution is 2.28. The Balaban J connectivity index is 2.00. The van der Waals surface area contributed by atoms with Gasteiger partial charge >= 0.3 is 5.97 Å². The first-order valence-corrected chi connectivity index (χ1v) is 7.40. The summed E-state index contributed by atoms with van der Waals surface area (Å²) in [4.78, 5) is 34.7. The van der Waals surface area contributed by atoms with Gasteiger partial charge in [0, 0.05) is 20.1 Å². The number of hydrogen-bond acceptors (Lipinski definition) is 5. The van der Waals surface area contributed by atoms with Gasteiger partial charge in [-0.15, -0.1) is 5.06 Å². The zero-order valence-electron chi connectivity index (χ0n) is 13.2. The predicted octanol–water partition coefficient (Wildman–Crippen LogP) is 1.74. The van der Waals surface area contributed by atoms with E-state index in [1.165, 1.54) is 12.2 Å². The van der Waals surface area contributed by atoms with Gasteiger partial charge in [0.05, 0.1) is 18.6 Å². The molecule has 1 aromatic rings. The lowest BCUT2D eigenvalue weighted by molar-refractivity contribution is -0.175. The first-order valence-electron chi connectivity index (χ1n) is 7.40. The van der Waals surface area contributed by atoms with Crippen LogP contribution in [0.5, 0.6) is 0 Å². The van der Waals surface area contributed by atoms with Crippen LogP contribution in [0, 0.1) is 11.8 Å². The van der Waals surface area contributed by atoms with Crippen molar-refractivity contribution in [1.82, 2.24) is 10.1 Å². The molecule has 0 radical (unpaired) electrons. The van der Waals surface area contributed by atoms with Crippen LogP contribution < -0.4 is 0 Å². The van der Waals surface area contributed by atoms with Gasteiger partial charge in [-0.3, -0.25) is 9.63 Å². The first-order chi connectivity index (χ1) is 10.6. The van der Waals surface area contributed by atoms with Crippen molar-refractivity contribution < 1.29 is 19.3 Å². The van der Waals surface area contributed by atoms with E-state index in [9.17, 15) is 9.59 Å². The van der Waals surface area contributed by atoms with Crippen LogP contribution in [-0.2, 0) is 14.5 Å². The topological polar surface area (TPSA) is 59.1 Å². The molecular formula is C16H22N2O4. The van der Waals surface area contributed by atoms with Crippen molar-refractivity contribution in [2.24, 2.45) is 11.8 Å². The molecular weight excluding hydrogens is 284 g/mol. The lowest BCUT2D eigenvalue weighted by Crippen LogP contribution is -2.36. The summed E-state index contributed by atoms with van der Waals surface area (Å²) in [5.41, 5.74) is 0.499. The molecule has 6 nitrogen and oxygen atoms in total. The second kappa shape index (κ2) is 7.38. The van der Waals surface area contributed by atoms with Gasteiger partial charge in [-0.25, -0.2) is 9.86 Å². The normalized spacial score (nSPS) is 21.6. The smallest absolute Gasteiger partial charge is 0.357 e. The summed E-state index contributed by atoms with van der Waals surface area (Å²) in [5, 5.41) is 2.81.